The molecule has 0 heterocycles. The van der Waals surface area contributed by atoms with Crippen LogP contribution in [0.4, 0.5) is 0 Å². The van der Waals surface area contributed by atoms with E-state index in [0.29, 0.717) is 24.2 Å². The minimum atomic E-state index is -0.642. The molecular formula is C19H28N2O3S2. The standard InChI is InChI=1S/C19H28N2O3S2/c1-13-7-8-14(5-4-6-15(20)12-25)11-16(13)18(22)21-17(9-10-26-3)19(23)24-2/h4,6-8,11,15,17,25H,5,9-10,12,20H2,1-3H3,(H,21,22)/b6-4+/t15?,17-/m0/s1. The van der Waals surface area contributed by atoms with Crippen molar-refractivity contribution < 1.29 is 14.3 Å². The second-order valence-corrected chi connectivity index (χ2v) is 7.31. The van der Waals surface area contributed by atoms with Crippen molar-refractivity contribution in [2.24, 2.45) is 5.73 Å². The number of esters is 1. The van der Waals surface area contributed by atoms with Gasteiger partial charge in [0.2, 0.25) is 0 Å². The van der Waals surface area contributed by atoms with Gasteiger partial charge in [-0.15, -0.1) is 0 Å². The first-order valence-electron chi connectivity index (χ1n) is 8.43. The largest absolute Gasteiger partial charge is 0.467 e. The third kappa shape index (κ3) is 7.43. The molecule has 0 saturated heterocycles. The van der Waals surface area contributed by atoms with E-state index < -0.39 is 12.0 Å². The van der Waals surface area contributed by atoms with Crippen LogP contribution < -0.4 is 11.1 Å². The van der Waals surface area contributed by atoms with Crippen LogP contribution in [0.2, 0.25) is 0 Å². The molecule has 0 bridgehead atoms. The average molecular weight is 397 g/mol. The topological polar surface area (TPSA) is 81.4 Å². The second-order valence-electron chi connectivity index (χ2n) is 5.96. The highest BCUT2D eigenvalue weighted by molar-refractivity contribution is 7.98. The molecule has 1 unspecified atom stereocenters. The van der Waals surface area contributed by atoms with Crippen LogP contribution >= 0.6 is 24.4 Å². The number of nitrogens with two attached hydrogens (primary N) is 1. The van der Waals surface area contributed by atoms with E-state index in [0.717, 1.165) is 16.9 Å². The second kappa shape index (κ2) is 12.0. The summed E-state index contributed by atoms with van der Waals surface area (Å²) in [6, 6.07) is 5.02. The van der Waals surface area contributed by atoms with E-state index in [-0.39, 0.29) is 11.9 Å². The molecule has 5 nitrogen and oxygen atoms in total. The molecule has 0 aliphatic rings. The molecule has 1 aromatic carbocycles. The molecular weight excluding hydrogens is 368 g/mol. The summed E-state index contributed by atoms with van der Waals surface area (Å²) in [6.45, 7) is 1.88. The number of nitrogens with one attached hydrogen (secondary N) is 1. The number of amides is 1. The number of aryl methyl sites for hydroxylation is 1. The lowest BCUT2D eigenvalue weighted by atomic mass is 10.0. The summed E-state index contributed by atoms with van der Waals surface area (Å²) < 4.78 is 4.80. The predicted octanol–water partition coefficient (Wildman–Crippen LogP) is 2.38. The molecule has 0 aliphatic carbocycles. The van der Waals surface area contributed by atoms with Gasteiger partial charge in [-0.1, -0.05) is 24.3 Å². The van der Waals surface area contributed by atoms with Crippen molar-refractivity contribution in [1.82, 2.24) is 5.32 Å². The average Bonchev–Trinajstić information content (AvgIpc) is 2.65. The molecule has 2 atom stereocenters. The summed E-state index contributed by atoms with van der Waals surface area (Å²) in [7, 11) is 1.33. The lowest BCUT2D eigenvalue weighted by molar-refractivity contribution is -0.142. The van der Waals surface area contributed by atoms with Gasteiger partial charge >= 0.3 is 5.97 Å². The first kappa shape index (κ1) is 22.6. The van der Waals surface area contributed by atoms with Gasteiger partial charge in [-0.2, -0.15) is 24.4 Å². The van der Waals surface area contributed by atoms with Gasteiger partial charge in [-0.05, 0) is 49.0 Å². The summed E-state index contributed by atoms with van der Waals surface area (Å²) in [5.41, 5.74) is 8.22. The van der Waals surface area contributed by atoms with Gasteiger partial charge < -0.3 is 15.8 Å². The van der Waals surface area contributed by atoms with Crippen molar-refractivity contribution in [1.29, 1.82) is 0 Å². The van der Waals surface area contributed by atoms with E-state index in [4.69, 9.17) is 10.5 Å². The SMILES string of the molecule is COC(=O)[C@H](CCSC)NC(=O)c1cc(C/C=C/C(N)CS)ccc1C. The zero-order valence-electron chi connectivity index (χ0n) is 15.5. The van der Waals surface area contributed by atoms with Crippen molar-refractivity contribution in [3.8, 4) is 0 Å². The summed E-state index contributed by atoms with van der Waals surface area (Å²) in [5, 5.41) is 2.80. The molecule has 144 valence electrons. The number of allylic oxidation sites excluding steroid dienone is 1. The molecule has 0 aromatic heterocycles. The van der Waals surface area contributed by atoms with Crippen LogP contribution in [0.1, 0.15) is 27.9 Å². The molecule has 1 aromatic rings. The van der Waals surface area contributed by atoms with Crippen LogP contribution in [-0.4, -0.2) is 48.8 Å². The number of thiol groups is 1. The molecule has 1 rings (SSSR count). The van der Waals surface area contributed by atoms with Crippen LogP contribution in [0.5, 0.6) is 0 Å². The van der Waals surface area contributed by atoms with Crippen LogP contribution in [-0.2, 0) is 16.0 Å². The highest BCUT2D eigenvalue weighted by Crippen LogP contribution is 2.14. The van der Waals surface area contributed by atoms with E-state index in [1.807, 2.05) is 43.5 Å². The van der Waals surface area contributed by atoms with E-state index >= 15 is 0 Å². The zero-order chi connectivity index (χ0) is 19.5. The molecule has 0 fully saturated rings. The monoisotopic (exact) mass is 396 g/mol. The van der Waals surface area contributed by atoms with E-state index in [9.17, 15) is 9.59 Å². The van der Waals surface area contributed by atoms with E-state index in [2.05, 4.69) is 17.9 Å². The Kier molecular flexibility index (Phi) is 10.5. The fourth-order valence-electron chi connectivity index (χ4n) is 2.34. The number of methoxy groups -OCH3 is 1. The molecule has 0 saturated carbocycles. The Labute approximate surface area is 165 Å². The van der Waals surface area contributed by atoms with Gasteiger partial charge in [0.15, 0.2) is 0 Å². The normalized spacial score (nSPS) is 13.4. The third-order valence-electron chi connectivity index (χ3n) is 3.90. The fourth-order valence-corrected chi connectivity index (χ4v) is 2.94. The first-order chi connectivity index (χ1) is 12.4. The number of hydrogen-bond donors (Lipinski definition) is 3. The van der Waals surface area contributed by atoms with E-state index in [1.54, 1.807) is 11.8 Å². The summed E-state index contributed by atoms with van der Waals surface area (Å²) in [6.07, 6.45) is 7.04. The van der Waals surface area contributed by atoms with Gasteiger partial charge in [0.1, 0.15) is 6.04 Å². The first-order valence-corrected chi connectivity index (χ1v) is 10.5. The maximum Gasteiger partial charge on any atom is 0.328 e. The highest BCUT2D eigenvalue weighted by atomic mass is 32.2. The fraction of sp³-hybridized carbons (Fsp3) is 0.474. The Hall–Kier alpha value is -1.44. The summed E-state index contributed by atoms with van der Waals surface area (Å²) in [5.74, 6) is 0.653. The van der Waals surface area contributed by atoms with Crippen molar-refractivity contribution in [2.45, 2.75) is 31.8 Å². The number of hydrogen-bond acceptors (Lipinski definition) is 6. The van der Waals surface area contributed by atoms with Crippen molar-refractivity contribution in [3.05, 3.63) is 47.0 Å². The lowest BCUT2D eigenvalue weighted by Gasteiger charge is -2.17. The number of thioether (sulfide) groups is 1. The number of rotatable bonds is 10. The van der Waals surface area contributed by atoms with Gasteiger partial charge in [0, 0.05) is 17.4 Å². The highest BCUT2D eigenvalue weighted by Gasteiger charge is 2.22. The molecule has 3 N–H and O–H groups in total. The van der Waals surface area contributed by atoms with Crippen LogP contribution in [0.3, 0.4) is 0 Å². The van der Waals surface area contributed by atoms with Crippen LogP contribution in [0, 0.1) is 6.92 Å². The Morgan fingerprint density at radius 2 is 2.15 bits per heavy atom. The number of carbonyl (C=O) groups is 2. The Morgan fingerprint density at radius 1 is 1.42 bits per heavy atom. The minimum Gasteiger partial charge on any atom is -0.467 e. The molecule has 0 radical (unpaired) electrons. The van der Waals surface area contributed by atoms with Crippen LogP contribution in [0.15, 0.2) is 30.4 Å². The molecule has 26 heavy (non-hydrogen) atoms. The minimum absolute atomic E-state index is 0.0798. The number of carbonyl (C=O) groups excluding carboxylic acids is 2. The van der Waals surface area contributed by atoms with Crippen LogP contribution in [0.25, 0.3) is 0 Å². The van der Waals surface area contributed by atoms with Gasteiger partial charge in [0.05, 0.1) is 7.11 Å². The maximum absolute atomic E-state index is 12.7. The van der Waals surface area contributed by atoms with Gasteiger partial charge in [-0.3, -0.25) is 4.79 Å². The Balaban J connectivity index is 2.87. The predicted molar refractivity (Wildman–Crippen MR) is 112 cm³/mol. The van der Waals surface area contributed by atoms with Gasteiger partial charge in [-0.25, -0.2) is 4.79 Å². The summed E-state index contributed by atoms with van der Waals surface area (Å²) >= 11 is 5.76. The van der Waals surface area contributed by atoms with Crippen molar-refractivity contribution in [3.63, 3.8) is 0 Å². The number of ether oxygens (including phenoxy) is 1. The molecule has 0 spiro atoms. The Bertz CT molecular complexity index is 635. The summed E-state index contributed by atoms with van der Waals surface area (Å²) in [4.78, 5) is 24.6. The quantitative estimate of drug-likeness (QED) is 0.321. The van der Waals surface area contributed by atoms with Gasteiger partial charge in [0.25, 0.3) is 5.91 Å². The van der Waals surface area contributed by atoms with E-state index in [1.165, 1.54) is 7.11 Å². The molecule has 1 amide bonds. The smallest absolute Gasteiger partial charge is 0.328 e. The third-order valence-corrected chi connectivity index (χ3v) is 4.96. The maximum atomic E-state index is 12.7. The zero-order valence-corrected chi connectivity index (χ0v) is 17.2. The Morgan fingerprint density at radius 3 is 2.77 bits per heavy atom. The number of benzene rings is 1. The molecule has 7 heteroatoms. The van der Waals surface area contributed by atoms with Crippen molar-refractivity contribution in [2.75, 3.05) is 24.9 Å². The lowest BCUT2D eigenvalue weighted by Crippen LogP contribution is -2.42. The van der Waals surface area contributed by atoms with Crippen molar-refractivity contribution >= 4 is 36.3 Å². The molecule has 0 aliphatic heterocycles.